The van der Waals surface area contributed by atoms with E-state index in [9.17, 15) is 15.0 Å². The van der Waals surface area contributed by atoms with Crippen LogP contribution in [-0.4, -0.2) is 15.8 Å². The molecule has 1 aromatic heterocycles. The van der Waals surface area contributed by atoms with E-state index in [4.69, 9.17) is 13.9 Å². The summed E-state index contributed by atoms with van der Waals surface area (Å²) in [6.07, 6.45) is 5.21. The van der Waals surface area contributed by atoms with E-state index < -0.39 is 11.0 Å². The third-order valence-corrected chi connectivity index (χ3v) is 5.52. The summed E-state index contributed by atoms with van der Waals surface area (Å²) in [6.45, 7) is 4.21. The molecule has 2 heterocycles. The van der Waals surface area contributed by atoms with Crippen molar-refractivity contribution < 1.29 is 24.1 Å². The molecule has 1 aliphatic heterocycles. The SMILES string of the molecule is CC1(C)C=Cc2cc(-c3coc4cc(O)cc(O)c4c3=O)c(OCc3ccccc3)cc2O1. The van der Waals surface area contributed by atoms with Crippen LogP contribution >= 0.6 is 0 Å². The molecule has 0 spiro atoms. The van der Waals surface area contributed by atoms with Gasteiger partial charge < -0.3 is 24.1 Å². The second-order valence-electron chi connectivity index (χ2n) is 8.52. The van der Waals surface area contributed by atoms with Crippen molar-refractivity contribution in [1.29, 1.82) is 0 Å². The summed E-state index contributed by atoms with van der Waals surface area (Å²) in [5.74, 6) is 0.553. The Kier molecular flexibility index (Phi) is 4.86. The first-order valence-corrected chi connectivity index (χ1v) is 10.5. The first-order valence-electron chi connectivity index (χ1n) is 10.5. The number of hydrogen-bond acceptors (Lipinski definition) is 6. The predicted molar refractivity (Wildman–Crippen MR) is 126 cm³/mol. The van der Waals surface area contributed by atoms with E-state index in [2.05, 4.69) is 0 Å². The maximum atomic E-state index is 13.4. The van der Waals surface area contributed by atoms with Crippen LogP contribution in [0, 0.1) is 0 Å². The van der Waals surface area contributed by atoms with E-state index in [1.807, 2.05) is 62.4 Å². The molecule has 2 N–H and O–H groups in total. The van der Waals surface area contributed by atoms with Gasteiger partial charge in [0.2, 0.25) is 5.43 Å². The lowest BCUT2D eigenvalue weighted by atomic mass is 9.97. The van der Waals surface area contributed by atoms with Gasteiger partial charge in [0.15, 0.2) is 0 Å². The van der Waals surface area contributed by atoms with Crippen LogP contribution in [-0.2, 0) is 6.61 Å². The highest BCUT2D eigenvalue weighted by Crippen LogP contribution is 2.41. The fourth-order valence-electron chi connectivity index (χ4n) is 3.87. The number of aromatic hydroxyl groups is 2. The van der Waals surface area contributed by atoms with Crippen molar-refractivity contribution in [3.05, 3.63) is 88.3 Å². The Balaban J connectivity index is 1.67. The summed E-state index contributed by atoms with van der Waals surface area (Å²) in [5, 5.41) is 20.0. The molecular formula is C27H22O6. The summed E-state index contributed by atoms with van der Waals surface area (Å²) in [5.41, 5.74) is 1.71. The topological polar surface area (TPSA) is 89.1 Å². The number of ether oxygens (including phenoxy) is 2. The molecule has 6 nitrogen and oxygen atoms in total. The summed E-state index contributed by atoms with van der Waals surface area (Å²) < 4.78 is 17.9. The van der Waals surface area contributed by atoms with Crippen molar-refractivity contribution in [2.75, 3.05) is 0 Å². The summed E-state index contributed by atoms with van der Waals surface area (Å²) in [6, 6.07) is 15.7. The number of benzene rings is 3. The quantitative estimate of drug-likeness (QED) is 0.426. The summed E-state index contributed by atoms with van der Waals surface area (Å²) in [7, 11) is 0. The second-order valence-corrected chi connectivity index (χ2v) is 8.52. The zero-order chi connectivity index (χ0) is 23.2. The normalized spacial score (nSPS) is 14.0. The van der Waals surface area contributed by atoms with Crippen LogP contribution in [0.2, 0.25) is 0 Å². The standard InChI is InChI=1S/C27H22O6/c1-27(2)9-8-17-10-19(20-15-32-24-12-18(28)11-21(29)25(24)26(20)30)23(13-22(17)33-27)31-14-16-6-4-3-5-7-16/h3-13,15,28-29H,14H2,1-2H3. The average molecular weight is 442 g/mol. The Morgan fingerprint density at radius 1 is 1.00 bits per heavy atom. The van der Waals surface area contributed by atoms with E-state index in [1.54, 1.807) is 6.07 Å². The van der Waals surface area contributed by atoms with Crippen molar-refractivity contribution in [2.24, 2.45) is 0 Å². The number of fused-ring (bicyclic) bond motifs is 2. The van der Waals surface area contributed by atoms with Crippen molar-refractivity contribution in [3.8, 4) is 34.1 Å². The molecule has 0 saturated carbocycles. The zero-order valence-corrected chi connectivity index (χ0v) is 18.2. The zero-order valence-electron chi connectivity index (χ0n) is 18.2. The molecule has 0 aliphatic carbocycles. The van der Waals surface area contributed by atoms with Crippen LogP contribution in [0.3, 0.4) is 0 Å². The molecule has 33 heavy (non-hydrogen) atoms. The van der Waals surface area contributed by atoms with Crippen LogP contribution in [0.5, 0.6) is 23.0 Å². The smallest absolute Gasteiger partial charge is 0.204 e. The molecule has 5 rings (SSSR count). The number of phenols is 2. The first-order chi connectivity index (χ1) is 15.8. The molecule has 1 aliphatic rings. The van der Waals surface area contributed by atoms with Crippen molar-refractivity contribution >= 4 is 17.0 Å². The molecule has 0 radical (unpaired) electrons. The van der Waals surface area contributed by atoms with Crippen LogP contribution in [0.4, 0.5) is 0 Å². The van der Waals surface area contributed by atoms with Gasteiger partial charge in [-0.15, -0.1) is 0 Å². The van der Waals surface area contributed by atoms with E-state index in [1.165, 1.54) is 12.3 Å². The largest absolute Gasteiger partial charge is 0.508 e. The van der Waals surface area contributed by atoms with Crippen LogP contribution in [0.1, 0.15) is 25.0 Å². The van der Waals surface area contributed by atoms with Crippen molar-refractivity contribution in [3.63, 3.8) is 0 Å². The van der Waals surface area contributed by atoms with E-state index in [0.717, 1.165) is 17.2 Å². The highest BCUT2D eigenvalue weighted by Gasteiger charge is 2.25. The van der Waals surface area contributed by atoms with Gasteiger partial charge in [0, 0.05) is 29.3 Å². The molecule has 3 aromatic carbocycles. The van der Waals surface area contributed by atoms with Crippen LogP contribution in [0.15, 0.2) is 76.1 Å². The lowest BCUT2D eigenvalue weighted by Gasteiger charge is -2.28. The highest BCUT2D eigenvalue weighted by atomic mass is 16.5. The molecule has 4 aromatic rings. The molecular weight excluding hydrogens is 420 g/mol. The Morgan fingerprint density at radius 3 is 2.58 bits per heavy atom. The van der Waals surface area contributed by atoms with Gasteiger partial charge in [-0.1, -0.05) is 36.4 Å². The minimum Gasteiger partial charge on any atom is -0.508 e. The predicted octanol–water partition coefficient (Wildman–Crippen LogP) is 5.63. The van der Waals surface area contributed by atoms with Gasteiger partial charge in [0.1, 0.15) is 52.4 Å². The number of rotatable bonds is 4. The van der Waals surface area contributed by atoms with Gasteiger partial charge in [-0.2, -0.15) is 0 Å². The van der Waals surface area contributed by atoms with E-state index >= 15 is 0 Å². The molecule has 0 fully saturated rings. The molecule has 0 saturated heterocycles. The fraction of sp³-hybridized carbons (Fsp3) is 0.148. The van der Waals surface area contributed by atoms with Crippen LogP contribution in [0.25, 0.3) is 28.2 Å². The Bertz CT molecular complexity index is 1450. The first kappa shape index (κ1) is 20.7. The Morgan fingerprint density at radius 2 is 1.79 bits per heavy atom. The summed E-state index contributed by atoms with van der Waals surface area (Å²) in [4.78, 5) is 13.4. The Hall–Kier alpha value is -4.19. The minimum atomic E-state index is -0.471. The van der Waals surface area contributed by atoms with Crippen molar-refractivity contribution in [2.45, 2.75) is 26.1 Å². The molecule has 166 valence electrons. The highest BCUT2D eigenvalue weighted by molar-refractivity contribution is 5.89. The van der Waals surface area contributed by atoms with Gasteiger partial charge in [-0.05, 0) is 31.6 Å². The van der Waals surface area contributed by atoms with Gasteiger partial charge in [-0.25, -0.2) is 0 Å². The number of hydrogen-bond donors (Lipinski definition) is 2. The maximum Gasteiger partial charge on any atom is 0.204 e. The second kappa shape index (κ2) is 7.74. The van der Waals surface area contributed by atoms with Gasteiger partial charge in [-0.3, -0.25) is 4.79 Å². The van der Waals surface area contributed by atoms with E-state index in [-0.39, 0.29) is 28.0 Å². The fourth-order valence-corrected chi connectivity index (χ4v) is 3.87. The molecule has 6 heteroatoms. The van der Waals surface area contributed by atoms with Gasteiger partial charge in [0.05, 0.1) is 5.56 Å². The van der Waals surface area contributed by atoms with Gasteiger partial charge in [0.25, 0.3) is 0 Å². The van der Waals surface area contributed by atoms with Gasteiger partial charge >= 0.3 is 0 Å². The Labute approximate surface area is 190 Å². The lowest BCUT2D eigenvalue weighted by Crippen LogP contribution is -2.27. The van der Waals surface area contributed by atoms with Crippen LogP contribution < -0.4 is 14.9 Å². The maximum absolute atomic E-state index is 13.4. The lowest BCUT2D eigenvalue weighted by molar-refractivity contribution is 0.158. The third kappa shape index (κ3) is 3.91. The monoisotopic (exact) mass is 442 g/mol. The van der Waals surface area contributed by atoms with E-state index in [0.29, 0.717) is 23.7 Å². The molecule has 0 atom stereocenters. The van der Waals surface area contributed by atoms with Crippen molar-refractivity contribution in [1.82, 2.24) is 0 Å². The molecule has 0 unspecified atom stereocenters. The number of phenolic OH excluding ortho intramolecular Hbond substituents is 2. The summed E-state index contributed by atoms with van der Waals surface area (Å²) >= 11 is 0. The average Bonchev–Trinajstić information content (AvgIpc) is 2.77. The minimum absolute atomic E-state index is 0.00930. The molecule has 0 bridgehead atoms. The molecule has 0 amide bonds. The third-order valence-electron chi connectivity index (χ3n) is 5.52.